The predicted octanol–water partition coefficient (Wildman–Crippen LogP) is 4.79. The molecule has 1 unspecified atom stereocenters. The van der Waals surface area contributed by atoms with Crippen LogP contribution in [0.25, 0.3) is 0 Å². The van der Waals surface area contributed by atoms with Crippen molar-refractivity contribution < 1.29 is 27.4 Å². The maximum atomic E-state index is 14.4. The molecule has 5 heterocycles. The zero-order valence-electron chi connectivity index (χ0n) is 28.8. The van der Waals surface area contributed by atoms with Crippen LogP contribution < -0.4 is 13.9 Å². The molecule has 0 aliphatic carbocycles. The van der Waals surface area contributed by atoms with Gasteiger partial charge in [0, 0.05) is 37.1 Å². The molecule has 1 spiro atoms. The van der Waals surface area contributed by atoms with E-state index in [9.17, 15) is 17.9 Å². The van der Waals surface area contributed by atoms with Crippen molar-refractivity contribution in [2.75, 3.05) is 48.5 Å². The van der Waals surface area contributed by atoms with E-state index in [0.717, 1.165) is 58.4 Å². The smallest absolute Gasteiger partial charge is 0.263 e. The van der Waals surface area contributed by atoms with Gasteiger partial charge in [-0.25, -0.2) is 27.9 Å². The Labute approximate surface area is 289 Å². The molecule has 1 amide bonds. The lowest BCUT2D eigenvalue weighted by Crippen LogP contribution is -2.61. The maximum absolute atomic E-state index is 14.4. The van der Waals surface area contributed by atoms with Gasteiger partial charge in [-0.05, 0) is 91.6 Å². The topological polar surface area (TPSA) is 140 Å². The highest BCUT2D eigenvalue weighted by Crippen LogP contribution is 2.45. The molecule has 2 N–H and O–H groups in total. The van der Waals surface area contributed by atoms with E-state index in [1.54, 1.807) is 17.3 Å². The average molecular weight is 699 g/mol. The summed E-state index contributed by atoms with van der Waals surface area (Å²) in [4.78, 5) is 35.9. The number of carbonyl (C=O) groups excluding carboxylic acids is 1. The number of piperidine rings is 1. The van der Waals surface area contributed by atoms with Crippen LogP contribution in [0.2, 0.25) is 0 Å². The van der Waals surface area contributed by atoms with Crippen molar-refractivity contribution in [2.24, 2.45) is 5.41 Å². The highest BCUT2D eigenvalue weighted by atomic mass is 32.2. The molecule has 1 aromatic carbocycles. The maximum Gasteiger partial charge on any atom is 0.263 e. The van der Waals surface area contributed by atoms with Crippen molar-refractivity contribution in [3.63, 3.8) is 0 Å². The molecular formula is C34H47FN8O5S. The number of nitrogens with zero attached hydrogens (tertiary/aromatic N) is 7. The number of anilines is 2. The summed E-state index contributed by atoms with van der Waals surface area (Å²) in [5, 5.41) is 0. The third-order valence-corrected chi connectivity index (χ3v) is 10.7. The standard InChI is InChI=1S/C34H47FN8O5S/c1-22(2)42(23(3)4)33(44)28-14-25(35)6-9-29(28)48-30-15-36-21-38-32(30)41-19-34(20-41)10-12-40(13-11-34)17-27-8-7-26(18-47-27)43(49(45)46)31-16-37-24(5)39-31/h6,9,14-16,21-23,26-27H,7-8,10-13,17-20H2,1-5H3,(H,37,39)(H,45,46)/t26-,27+/m1/s1. The lowest BCUT2D eigenvalue weighted by atomic mass is 9.72. The Hall–Kier alpha value is -3.66. The summed E-state index contributed by atoms with van der Waals surface area (Å²) in [5.41, 5.74) is 0.340. The van der Waals surface area contributed by atoms with Gasteiger partial charge in [0.1, 0.15) is 29.5 Å². The number of aryl methyl sites for hydroxylation is 1. The van der Waals surface area contributed by atoms with Crippen LogP contribution in [-0.4, -0.2) is 108 Å². The lowest BCUT2D eigenvalue weighted by molar-refractivity contribution is -0.0270. The van der Waals surface area contributed by atoms with Gasteiger partial charge in [0.25, 0.3) is 17.2 Å². The second kappa shape index (κ2) is 14.7. The average Bonchev–Trinajstić information content (AvgIpc) is 3.47. The van der Waals surface area contributed by atoms with Crippen LogP contribution in [0.5, 0.6) is 11.5 Å². The molecule has 2 aromatic heterocycles. The molecule has 266 valence electrons. The van der Waals surface area contributed by atoms with Crippen LogP contribution in [0.4, 0.5) is 16.0 Å². The summed E-state index contributed by atoms with van der Waals surface area (Å²) in [6, 6.07) is 3.67. The molecule has 0 radical (unpaired) electrons. The number of aromatic amines is 1. The monoisotopic (exact) mass is 698 g/mol. The molecule has 3 saturated heterocycles. The molecular weight excluding hydrogens is 651 g/mol. The van der Waals surface area contributed by atoms with Crippen molar-refractivity contribution in [1.29, 1.82) is 0 Å². The van der Waals surface area contributed by atoms with Crippen LogP contribution in [-0.2, 0) is 16.0 Å². The number of ether oxygens (including phenoxy) is 2. The van der Waals surface area contributed by atoms with E-state index in [4.69, 9.17) is 9.47 Å². The molecule has 49 heavy (non-hydrogen) atoms. The molecule has 13 nitrogen and oxygen atoms in total. The first kappa shape index (κ1) is 35.2. The molecule has 0 saturated carbocycles. The van der Waals surface area contributed by atoms with E-state index in [1.165, 1.54) is 28.8 Å². The first-order valence-electron chi connectivity index (χ1n) is 17.0. The zero-order valence-corrected chi connectivity index (χ0v) is 29.7. The van der Waals surface area contributed by atoms with Crippen LogP contribution in [0.15, 0.2) is 36.9 Å². The van der Waals surface area contributed by atoms with Crippen LogP contribution >= 0.6 is 0 Å². The van der Waals surface area contributed by atoms with Crippen molar-refractivity contribution >= 4 is 28.8 Å². The summed E-state index contributed by atoms with van der Waals surface area (Å²) in [6.07, 6.45) is 8.42. The van der Waals surface area contributed by atoms with Crippen molar-refractivity contribution in [3.05, 3.63) is 54.1 Å². The van der Waals surface area contributed by atoms with Gasteiger partial charge in [0.05, 0.1) is 36.7 Å². The summed E-state index contributed by atoms with van der Waals surface area (Å²) < 4.78 is 50.4. The molecule has 3 atom stereocenters. The molecule has 0 bridgehead atoms. The normalized spacial score (nSPS) is 21.5. The largest absolute Gasteiger partial charge is 0.451 e. The van der Waals surface area contributed by atoms with Crippen LogP contribution in [0.1, 0.15) is 69.6 Å². The fraction of sp³-hybridized carbons (Fsp3) is 0.588. The number of hydrogen-bond donors (Lipinski definition) is 2. The zero-order chi connectivity index (χ0) is 34.9. The van der Waals surface area contributed by atoms with Gasteiger partial charge in [0.15, 0.2) is 11.6 Å². The first-order valence-corrected chi connectivity index (χ1v) is 18.1. The van der Waals surface area contributed by atoms with Gasteiger partial charge in [-0.1, -0.05) is 0 Å². The van der Waals surface area contributed by atoms with E-state index in [2.05, 4.69) is 29.7 Å². The Morgan fingerprint density at radius 3 is 2.49 bits per heavy atom. The number of amides is 1. The summed E-state index contributed by atoms with van der Waals surface area (Å²) in [6.45, 7) is 14.4. The minimum absolute atomic E-state index is 0.0706. The Bertz CT molecular complexity index is 1620. The van der Waals surface area contributed by atoms with E-state index < -0.39 is 17.1 Å². The van der Waals surface area contributed by atoms with E-state index >= 15 is 0 Å². The van der Waals surface area contributed by atoms with Gasteiger partial charge >= 0.3 is 0 Å². The van der Waals surface area contributed by atoms with Crippen molar-refractivity contribution in [3.8, 4) is 11.5 Å². The highest BCUT2D eigenvalue weighted by molar-refractivity contribution is 7.80. The molecule has 3 aromatic rings. The van der Waals surface area contributed by atoms with Gasteiger partial charge in [0.2, 0.25) is 0 Å². The second-order valence-corrected chi connectivity index (χ2v) is 15.0. The van der Waals surface area contributed by atoms with Crippen LogP contribution in [0.3, 0.4) is 0 Å². The number of likely N-dealkylation sites (tertiary alicyclic amines) is 1. The molecule has 3 aliphatic heterocycles. The summed E-state index contributed by atoms with van der Waals surface area (Å²) >= 11 is -2.17. The number of H-pyrrole nitrogens is 1. The number of rotatable bonds is 11. The Morgan fingerprint density at radius 1 is 1.14 bits per heavy atom. The molecule has 3 fully saturated rings. The molecule has 15 heteroatoms. The number of nitrogens with one attached hydrogen (secondary N) is 1. The van der Waals surface area contributed by atoms with Crippen molar-refractivity contribution in [1.82, 2.24) is 29.7 Å². The number of halogens is 1. The number of carbonyl (C=O) groups is 1. The fourth-order valence-corrected chi connectivity index (χ4v) is 8.16. The van der Waals surface area contributed by atoms with Gasteiger partial charge in [-0.3, -0.25) is 9.35 Å². The second-order valence-electron chi connectivity index (χ2n) is 14.1. The lowest BCUT2D eigenvalue weighted by Gasteiger charge is -2.54. The number of imidazole rings is 1. The minimum Gasteiger partial charge on any atom is -0.451 e. The molecule has 3 aliphatic rings. The van der Waals surface area contributed by atoms with Gasteiger partial charge < -0.3 is 29.2 Å². The van der Waals surface area contributed by atoms with Crippen LogP contribution in [0, 0.1) is 18.2 Å². The predicted molar refractivity (Wildman–Crippen MR) is 185 cm³/mol. The van der Waals surface area contributed by atoms with E-state index in [-0.39, 0.29) is 46.9 Å². The highest BCUT2D eigenvalue weighted by Gasteiger charge is 2.46. The first-order chi connectivity index (χ1) is 23.4. The number of benzene rings is 1. The minimum atomic E-state index is -2.17. The third-order valence-electron chi connectivity index (χ3n) is 9.90. The van der Waals surface area contributed by atoms with Crippen molar-refractivity contribution in [2.45, 2.75) is 84.5 Å². The SMILES string of the molecule is Cc1ncc(N([C@@H]2CC[C@@H](CN3CCC4(CC3)CN(c3ncncc3Oc3ccc(F)cc3C(=O)N(C(C)C)C(C)C)C4)OC2)S(=O)O)[nH]1. The van der Waals surface area contributed by atoms with Gasteiger partial charge in [-0.2, -0.15) is 0 Å². The number of hydrogen-bond acceptors (Lipinski definition) is 9. The quantitative estimate of drug-likeness (QED) is 0.269. The Morgan fingerprint density at radius 2 is 1.88 bits per heavy atom. The third kappa shape index (κ3) is 7.74. The summed E-state index contributed by atoms with van der Waals surface area (Å²) in [5.74, 6) is 1.77. The molecule has 6 rings (SSSR count). The Balaban J connectivity index is 1.03. The summed E-state index contributed by atoms with van der Waals surface area (Å²) in [7, 11) is 0. The number of aromatic nitrogens is 4. The van der Waals surface area contributed by atoms with E-state index in [0.29, 0.717) is 29.8 Å². The Kier molecular flexibility index (Phi) is 10.5. The van der Waals surface area contributed by atoms with Gasteiger partial charge in [-0.15, -0.1) is 0 Å². The fourth-order valence-electron chi connectivity index (χ4n) is 7.48. The van der Waals surface area contributed by atoms with E-state index in [1.807, 2.05) is 34.6 Å².